The van der Waals surface area contributed by atoms with Crippen LogP contribution in [0.3, 0.4) is 0 Å². The number of ether oxygens (including phenoxy) is 2. The molecule has 6 heteroatoms. The van der Waals surface area contributed by atoms with Crippen LogP contribution in [0.15, 0.2) is 46.9 Å². The highest BCUT2D eigenvalue weighted by molar-refractivity contribution is 5.96. The number of rotatable bonds is 6. The second-order valence-electron chi connectivity index (χ2n) is 5.80. The molecule has 2 N–H and O–H groups in total. The van der Waals surface area contributed by atoms with E-state index in [1.54, 1.807) is 19.1 Å². The maximum atomic E-state index is 12.0. The predicted molar refractivity (Wildman–Crippen MR) is 93.7 cm³/mol. The van der Waals surface area contributed by atoms with Crippen LogP contribution >= 0.6 is 0 Å². The summed E-state index contributed by atoms with van der Waals surface area (Å²) in [5, 5.41) is 0. The van der Waals surface area contributed by atoms with Crippen LogP contribution in [0.2, 0.25) is 0 Å². The smallest absolute Gasteiger partial charge is 0.341 e. The second kappa shape index (κ2) is 7.36. The molecular formula is C19H20N2O4. The van der Waals surface area contributed by atoms with Crippen molar-refractivity contribution in [3.8, 4) is 5.75 Å². The van der Waals surface area contributed by atoms with Crippen LogP contribution in [0.5, 0.6) is 5.75 Å². The number of carbonyl (C=O) groups excluding carboxylic acids is 1. The largest absolute Gasteiger partial charge is 0.491 e. The van der Waals surface area contributed by atoms with Gasteiger partial charge in [-0.05, 0) is 18.1 Å². The van der Waals surface area contributed by atoms with Gasteiger partial charge in [-0.15, -0.1) is 0 Å². The van der Waals surface area contributed by atoms with Crippen LogP contribution in [0, 0.1) is 6.92 Å². The molecule has 25 heavy (non-hydrogen) atoms. The summed E-state index contributed by atoms with van der Waals surface area (Å²) in [5.41, 5.74) is 8.72. The minimum absolute atomic E-state index is 0.208. The Hall–Kier alpha value is -2.86. The Balaban J connectivity index is 1.78. The Kier molecular flexibility index (Phi) is 5.00. The summed E-state index contributed by atoms with van der Waals surface area (Å²) in [6.07, 6.45) is 0.679. The lowest BCUT2D eigenvalue weighted by atomic mass is 10.1. The van der Waals surface area contributed by atoms with Gasteiger partial charge in [-0.3, -0.25) is 0 Å². The molecule has 0 saturated carbocycles. The molecule has 130 valence electrons. The molecule has 6 nitrogen and oxygen atoms in total. The topological polar surface area (TPSA) is 87.6 Å². The third kappa shape index (κ3) is 3.97. The Bertz CT molecular complexity index is 874. The number of esters is 1. The average molecular weight is 340 g/mol. The van der Waals surface area contributed by atoms with Gasteiger partial charge in [0.25, 0.3) is 0 Å². The van der Waals surface area contributed by atoms with E-state index in [1.807, 2.05) is 30.3 Å². The van der Waals surface area contributed by atoms with Crippen LogP contribution in [-0.4, -0.2) is 30.7 Å². The average Bonchev–Trinajstić information content (AvgIpc) is 2.98. The van der Waals surface area contributed by atoms with Crippen LogP contribution < -0.4 is 10.5 Å². The molecule has 0 spiro atoms. The van der Waals surface area contributed by atoms with Gasteiger partial charge in [-0.25, -0.2) is 9.78 Å². The summed E-state index contributed by atoms with van der Waals surface area (Å²) in [4.78, 5) is 16.3. The number of oxazole rings is 1. The van der Waals surface area contributed by atoms with Gasteiger partial charge in [0.05, 0.1) is 7.11 Å². The highest BCUT2D eigenvalue weighted by atomic mass is 16.5. The summed E-state index contributed by atoms with van der Waals surface area (Å²) in [6.45, 7) is 2.01. The van der Waals surface area contributed by atoms with Crippen LogP contribution in [0.1, 0.15) is 21.8 Å². The number of aromatic nitrogens is 1. The quantitative estimate of drug-likeness (QED) is 0.694. The van der Waals surface area contributed by atoms with E-state index in [9.17, 15) is 4.79 Å². The van der Waals surface area contributed by atoms with Crippen LogP contribution in [0.4, 0.5) is 0 Å². The monoisotopic (exact) mass is 340 g/mol. The van der Waals surface area contributed by atoms with E-state index < -0.39 is 5.97 Å². The summed E-state index contributed by atoms with van der Waals surface area (Å²) in [7, 11) is 1.32. The lowest BCUT2D eigenvalue weighted by molar-refractivity contribution is 0.0596. The molecule has 2 aromatic carbocycles. The standard InChI is InChI=1S/C19H20N2O4/c1-12-21-16-9-15(19(22)23-2)17(10-18(16)25-12)24-11-14(20)8-13-6-4-3-5-7-13/h3-7,9-10,14H,8,11,20H2,1-2H3. The molecule has 1 atom stereocenters. The first-order chi connectivity index (χ1) is 12.1. The van der Waals surface area contributed by atoms with Crippen molar-refractivity contribution < 1.29 is 18.7 Å². The van der Waals surface area contributed by atoms with E-state index in [0.29, 0.717) is 34.7 Å². The number of benzene rings is 2. The number of nitrogens with zero attached hydrogens (tertiary/aromatic N) is 1. The zero-order valence-electron chi connectivity index (χ0n) is 14.2. The highest BCUT2D eigenvalue weighted by Crippen LogP contribution is 2.27. The molecule has 0 bridgehead atoms. The third-order valence-corrected chi connectivity index (χ3v) is 3.80. The van der Waals surface area contributed by atoms with E-state index in [4.69, 9.17) is 19.6 Å². The van der Waals surface area contributed by atoms with E-state index in [1.165, 1.54) is 7.11 Å². The van der Waals surface area contributed by atoms with Gasteiger partial charge >= 0.3 is 5.97 Å². The van der Waals surface area contributed by atoms with Gasteiger partial charge in [-0.1, -0.05) is 30.3 Å². The number of fused-ring (bicyclic) bond motifs is 1. The number of carbonyl (C=O) groups is 1. The van der Waals surface area contributed by atoms with Crippen molar-refractivity contribution in [2.45, 2.75) is 19.4 Å². The van der Waals surface area contributed by atoms with Gasteiger partial charge in [0, 0.05) is 19.0 Å². The first kappa shape index (κ1) is 17.0. The van der Waals surface area contributed by atoms with Crippen molar-refractivity contribution in [1.29, 1.82) is 0 Å². The number of hydrogen-bond acceptors (Lipinski definition) is 6. The summed E-state index contributed by atoms with van der Waals surface area (Å²) in [5.74, 6) is 0.400. The summed E-state index contributed by atoms with van der Waals surface area (Å²) in [6, 6.07) is 13.0. The number of aryl methyl sites for hydroxylation is 1. The number of methoxy groups -OCH3 is 1. The molecule has 0 fully saturated rings. The lowest BCUT2D eigenvalue weighted by Crippen LogP contribution is -2.30. The van der Waals surface area contributed by atoms with E-state index in [2.05, 4.69) is 4.98 Å². The van der Waals surface area contributed by atoms with Crippen molar-refractivity contribution >= 4 is 17.1 Å². The Labute approximate surface area is 145 Å². The molecular weight excluding hydrogens is 320 g/mol. The molecule has 1 aromatic heterocycles. The normalized spacial score (nSPS) is 12.1. The molecule has 3 aromatic rings. The number of nitrogens with two attached hydrogens (primary N) is 1. The van der Waals surface area contributed by atoms with E-state index in [-0.39, 0.29) is 12.6 Å². The molecule has 0 radical (unpaired) electrons. The molecule has 1 unspecified atom stereocenters. The Morgan fingerprint density at radius 3 is 2.76 bits per heavy atom. The zero-order chi connectivity index (χ0) is 17.8. The van der Waals surface area contributed by atoms with Crippen molar-refractivity contribution in [3.05, 3.63) is 59.5 Å². The maximum Gasteiger partial charge on any atom is 0.341 e. The lowest BCUT2D eigenvalue weighted by Gasteiger charge is -2.15. The fourth-order valence-electron chi connectivity index (χ4n) is 2.63. The molecule has 0 aliphatic rings. The van der Waals surface area contributed by atoms with Gasteiger partial charge in [0.15, 0.2) is 11.5 Å². The zero-order valence-corrected chi connectivity index (χ0v) is 14.2. The van der Waals surface area contributed by atoms with E-state index in [0.717, 1.165) is 5.56 Å². The van der Waals surface area contributed by atoms with Crippen molar-refractivity contribution in [2.75, 3.05) is 13.7 Å². The summed E-state index contributed by atoms with van der Waals surface area (Å²) >= 11 is 0. The molecule has 1 heterocycles. The fraction of sp³-hybridized carbons (Fsp3) is 0.263. The van der Waals surface area contributed by atoms with Crippen LogP contribution in [0.25, 0.3) is 11.1 Å². The number of hydrogen-bond donors (Lipinski definition) is 1. The minimum Gasteiger partial charge on any atom is -0.491 e. The maximum absolute atomic E-state index is 12.0. The highest BCUT2D eigenvalue weighted by Gasteiger charge is 2.18. The predicted octanol–water partition coefficient (Wildman–Crippen LogP) is 2.87. The van der Waals surface area contributed by atoms with Crippen molar-refractivity contribution in [2.24, 2.45) is 5.73 Å². The first-order valence-electron chi connectivity index (χ1n) is 7.98. The Morgan fingerprint density at radius 2 is 2.04 bits per heavy atom. The van der Waals surface area contributed by atoms with Gasteiger partial charge in [0.1, 0.15) is 23.4 Å². The van der Waals surface area contributed by atoms with Gasteiger partial charge < -0.3 is 19.6 Å². The van der Waals surface area contributed by atoms with Gasteiger partial charge in [-0.2, -0.15) is 0 Å². The minimum atomic E-state index is -0.491. The van der Waals surface area contributed by atoms with E-state index >= 15 is 0 Å². The first-order valence-corrected chi connectivity index (χ1v) is 7.98. The third-order valence-electron chi connectivity index (χ3n) is 3.80. The summed E-state index contributed by atoms with van der Waals surface area (Å²) < 4.78 is 16.1. The van der Waals surface area contributed by atoms with Crippen molar-refractivity contribution in [1.82, 2.24) is 4.98 Å². The fourth-order valence-corrected chi connectivity index (χ4v) is 2.63. The molecule has 0 aliphatic heterocycles. The Morgan fingerprint density at radius 1 is 1.28 bits per heavy atom. The SMILES string of the molecule is COC(=O)c1cc2nc(C)oc2cc1OCC(N)Cc1ccccc1. The molecule has 0 saturated heterocycles. The van der Waals surface area contributed by atoms with Crippen LogP contribution in [-0.2, 0) is 11.2 Å². The van der Waals surface area contributed by atoms with Crippen molar-refractivity contribution in [3.63, 3.8) is 0 Å². The molecule has 0 aliphatic carbocycles. The van der Waals surface area contributed by atoms with Gasteiger partial charge in [0.2, 0.25) is 0 Å². The second-order valence-corrected chi connectivity index (χ2v) is 5.80. The molecule has 3 rings (SSSR count). The molecule has 0 amide bonds.